The smallest absolute Gasteiger partial charge is 0.271 e. The molecule has 2 rings (SSSR count). The third-order valence-corrected chi connectivity index (χ3v) is 3.96. The van der Waals surface area contributed by atoms with Crippen LogP contribution in [0.25, 0.3) is 0 Å². The molecule has 7 heteroatoms. The van der Waals surface area contributed by atoms with Crippen LogP contribution in [-0.4, -0.2) is 18.0 Å². The molecule has 0 aliphatic carbocycles. The van der Waals surface area contributed by atoms with E-state index in [9.17, 15) is 4.79 Å². The van der Waals surface area contributed by atoms with E-state index in [1.165, 1.54) is 6.20 Å². The van der Waals surface area contributed by atoms with E-state index < -0.39 is 5.91 Å². The molecule has 1 amide bonds. The molecule has 0 saturated carbocycles. The number of aromatic nitrogens is 1. The highest BCUT2D eigenvalue weighted by molar-refractivity contribution is 6.48. The molecule has 1 N–H and O–H groups in total. The van der Waals surface area contributed by atoms with Crippen molar-refractivity contribution in [2.75, 3.05) is 7.11 Å². The lowest BCUT2D eigenvalue weighted by Crippen LogP contribution is -2.24. The van der Waals surface area contributed by atoms with Crippen molar-refractivity contribution >= 4 is 40.7 Å². The van der Waals surface area contributed by atoms with Crippen molar-refractivity contribution in [2.24, 2.45) is 0 Å². The molecular formula is C14H11Cl3N2O2. The van der Waals surface area contributed by atoms with E-state index in [1.54, 1.807) is 7.11 Å². The van der Waals surface area contributed by atoms with Gasteiger partial charge in [0.25, 0.3) is 5.91 Å². The standard InChI is InChI=1S/C14H11Cl3N2O2/c1-21-9-4-2-3-8(5-9)6-19-14(20)13-12(17)11(16)10(15)7-18-13/h2-5,7H,6H2,1H3,(H,19,20). The van der Waals surface area contributed by atoms with Gasteiger partial charge in [0.05, 0.1) is 22.2 Å². The average Bonchev–Trinajstić information content (AvgIpc) is 2.50. The van der Waals surface area contributed by atoms with Crippen LogP contribution in [0.5, 0.6) is 5.75 Å². The van der Waals surface area contributed by atoms with Crippen LogP contribution in [0.1, 0.15) is 16.1 Å². The van der Waals surface area contributed by atoms with Crippen LogP contribution in [0.4, 0.5) is 0 Å². The maximum absolute atomic E-state index is 12.1. The summed E-state index contributed by atoms with van der Waals surface area (Å²) in [6.45, 7) is 0.314. The van der Waals surface area contributed by atoms with E-state index in [0.717, 1.165) is 5.56 Å². The number of nitrogens with one attached hydrogen (secondary N) is 1. The molecule has 2 aromatic rings. The fraction of sp³-hybridized carbons (Fsp3) is 0.143. The van der Waals surface area contributed by atoms with Gasteiger partial charge in [-0.05, 0) is 17.7 Å². The molecule has 0 fully saturated rings. The Morgan fingerprint density at radius 3 is 2.76 bits per heavy atom. The summed E-state index contributed by atoms with van der Waals surface area (Å²) in [6.07, 6.45) is 1.29. The number of pyridine rings is 1. The van der Waals surface area contributed by atoms with Crippen LogP contribution < -0.4 is 10.1 Å². The number of nitrogens with zero attached hydrogens (tertiary/aromatic N) is 1. The number of benzene rings is 1. The summed E-state index contributed by atoms with van der Waals surface area (Å²) in [5, 5.41) is 3.06. The van der Waals surface area contributed by atoms with Gasteiger partial charge in [-0.25, -0.2) is 4.98 Å². The minimum atomic E-state index is -0.429. The number of hydrogen-bond acceptors (Lipinski definition) is 3. The molecule has 0 atom stereocenters. The molecule has 0 aliphatic heterocycles. The second-order valence-electron chi connectivity index (χ2n) is 4.12. The van der Waals surface area contributed by atoms with Crippen molar-refractivity contribution in [1.29, 1.82) is 0 Å². The summed E-state index contributed by atoms with van der Waals surface area (Å²) in [5.74, 6) is 0.286. The monoisotopic (exact) mass is 344 g/mol. The summed E-state index contributed by atoms with van der Waals surface area (Å²) in [4.78, 5) is 16.0. The Morgan fingerprint density at radius 2 is 2.05 bits per heavy atom. The number of methoxy groups -OCH3 is 1. The minimum Gasteiger partial charge on any atom is -0.497 e. The van der Waals surface area contributed by atoms with Gasteiger partial charge in [0.1, 0.15) is 11.4 Å². The van der Waals surface area contributed by atoms with Gasteiger partial charge in [-0.2, -0.15) is 0 Å². The Labute approximate surface area is 137 Å². The van der Waals surface area contributed by atoms with E-state index in [2.05, 4.69) is 10.3 Å². The third-order valence-electron chi connectivity index (χ3n) is 2.72. The highest BCUT2D eigenvalue weighted by Gasteiger charge is 2.16. The minimum absolute atomic E-state index is 0.0345. The van der Waals surface area contributed by atoms with E-state index in [1.807, 2.05) is 24.3 Å². The van der Waals surface area contributed by atoms with Crippen molar-refractivity contribution in [1.82, 2.24) is 10.3 Å². The van der Waals surface area contributed by atoms with Gasteiger partial charge in [-0.3, -0.25) is 4.79 Å². The van der Waals surface area contributed by atoms with Crippen molar-refractivity contribution in [3.8, 4) is 5.75 Å². The van der Waals surface area contributed by atoms with Crippen molar-refractivity contribution in [3.63, 3.8) is 0 Å². The highest BCUT2D eigenvalue weighted by atomic mass is 35.5. The van der Waals surface area contributed by atoms with Crippen LogP contribution in [0, 0.1) is 0 Å². The Hall–Kier alpha value is -1.49. The topological polar surface area (TPSA) is 51.2 Å². The van der Waals surface area contributed by atoms with Crippen molar-refractivity contribution in [2.45, 2.75) is 6.54 Å². The van der Waals surface area contributed by atoms with Crippen molar-refractivity contribution in [3.05, 3.63) is 56.8 Å². The van der Waals surface area contributed by atoms with E-state index in [0.29, 0.717) is 12.3 Å². The Morgan fingerprint density at radius 1 is 1.29 bits per heavy atom. The van der Waals surface area contributed by atoms with Gasteiger partial charge < -0.3 is 10.1 Å². The Bertz CT molecular complexity index is 677. The number of amides is 1. The lowest BCUT2D eigenvalue weighted by Gasteiger charge is -2.08. The zero-order valence-electron chi connectivity index (χ0n) is 11.0. The average molecular weight is 346 g/mol. The lowest BCUT2D eigenvalue weighted by atomic mass is 10.2. The molecule has 1 aromatic carbocycles. The highest BCUT2D eigenvalue weighted by Crippen LogP contribution is 2.31. The molecule has 0 spiro atoms. The zero-order valence-corrected chi connectivity index (χ0v) is 13.3. The predicted molar refractivity (Wildman–Crippen MR) is 83.4 cm³/mol. The molecule has 110 valence electrons. The maximum Gasteiger partial charge on any atom is 0.271 e. The molecule has 0 saturated heterocycles. The number of carbonyl (C=O) groups is 1. The normalized spacial score (nSPS) is 10.3. The van der Waals surface area contributed by atoms with Crippen molar-refractivity contribution < 1.29 is 9.53 Å². The molecule has 0 unspecified atom stereocenters. The summed E-state index contributed by atoms with van der Waals surface area (Å²) in [7, 11) is 1.58. The largest absolute Gasteiger partial charge is 0.497 e. The number of carbonyl (C=O) groups excluding carboxylic acids is 1. The Balaban J connectivity index is 2.10. The molecule has 4 nitrogen and oxygen atoms in total. The van der Waals surface area contributed by atoms with Gasteiger partial charge in [-0.1, -0.05) is 46.9 Å². The summed E-state index contributed by atoms with van der Waals surface area (Å²) < 4.78 is 5.12. The second kappa shape index (κ2) is 6.98. The van der Waals surface area contributed by atoms with E-state index in [4.69, 9.17) is 39.5 Å². The van der Waals surface area contributed by atoms with Gasteiger partial charge in [0.15, 0.2) is 0 Å². The van der Waals surface area contributed by atoms with Gasteiger partial charge in [0.2, 0.25) is 0 Å². The third kappa shape index (κ3) is 3.79. The van der Waals surface area contributed by atoms with Crippen LogP contribution >= 0.6 is 34.8 Å². The fourth-order valence-corrected chi connectivity index (χ4v) is 2.22. The first kappa shape index (κ1) is 15.9. The summed E-state index contributed by atoms with van der Waals surface area (Å²) in [5.41, 5.74) is 0.924. The number of rotatable bonds is 4. The molecule has 0 radical (unpaired) electrons. The summed E-state index contributed by atoms with van der Waals surface area (Å²) >= 11 is 17.6. The van der Waals surface area contributed by atoms with Crippen LogP contribution in [-0.2, 0) is 6.54 Å². The zero-order chi connectivity index (χ0) is 15.4. The first-order chi connectivity index (χ1) is 10.0. The molecule has 1 heterocycles. The van der Waals surface area contributed by atoms with E-state index in [-0.39, 0.29) is 20.8 Å². The van der Waals surface area contributed by atoms with Crippen LogP contribution in [0.2, 0.25) is 15.1 Å². The number of hydrogen-bond donors (Lipinski definition) is 1. The fourth-order valence-electron chi connectivity index (χ4n) is 1.65. The van der Waals surface area contributed by atoms with Crippen LogP contribution in [0.3, 0.4) is 0 Å². The SMILES string of the molecule is COc1cccc(CNC(=O)c2ncc(Cl)c(Cl)c2Cl)c1. The lowest BCUT2D eigenvalue weighted by molar-refractivity contribution is 0.0946. The van der Waals surface area contributed by atoms with E-state index >= 15 is 0 Å². The number of halogens is 3. The predicted octanol–water partition coefficient (Wildman–Crippen LogP) is 3.98. The van der Waals surface area contributed by atoms with Crippen LogP contribution in [0.15, 0.2) is 30.5 Å². The van der Waals surface area contributed by atoms with Gasteiger partial charge in [0, 0.05) is 12.7 Å². The Kier molecular flexibility index (Phi) is 5.28. The molecule has 0 aliphatic rings. The molecule has 1 aromatic heterocycles. The molecule has 0 bridgehead atoms. The summed E-state index contributed by atoms with van der Waals surface area (Å²) in [6, 6.07) is 7.35. The molecule has 21 heavy (non-hydrogen) atoms. The quantitative estimate of drug-likeness (QED) is 0.912. The first-order valence-corrected chi connectivity index (χ1v) is 7.07. The second-order valence-corrected chi connectivity index (χ2v) is 5.28. The van der Waals surface area contributed by atoms with Gasteiger partial charge in [-0.15, -0.1) is 0 Å². The first-order valence-electron chi connectivity index (χ1n) is 5.93. The number of ether oxygens (including phenoxy) is 1. The maximum atomic E-state index is 12.1. The van der Waals surface area contributed by atoms with Gasteiger partial charge >= 0.3 is 0 Å². The molecular weight excluding hydrogens is 335 g/mol.